The molecular formula is C22H20N2O3S. The van der Waals surface area contributed by atoms with Gasteiger partial charge in [0.05, 0.1) is 12.2 Å². The van der Waals surface area contributed by atoms with E-state index < -0.39 is 0 Å². The summed E-state index contributed by atoms with van der Waals surface area (Å²) >= 11 is 1.69. The molecule has 0 aliphatic carbocycles. The van der Waals surface area contributed by atoms with E-state index in [1.54, 1.807) is 61.3 Å². The lowest BCUT2D eigenvalue weighted by molar-refractivity contribution is 0.0526. The van der Waals surface area contributed by atoms with Gasteiger partial charge in [0.1, 0.15) is 0 Å². The van der Waals surface area contributed by atoms with E-state index in [9.17, 15) is 9.59 Å². The topological polar surface area (TPSA) is 68.3 Å². The number of carbonyl (C=O) groups excluding carboxylic acids is 2. The van der Waals surface area contributed by atoms with Gasteiger partial charge in [-0.05, 0) is 67.1 Å². The number of aromatic nitrogens is 1. The van der Waals surface area contributed by atoms with Crippen LogP contribution in [-0.4, -0.2) is 23.5 Å². The molecule has 1 aromatic heterocycles. The van der Waals surface area contributed by atoms with Crippen molar-refractivity contribution in [1.29, 1.82) is 0 Å². The number of rotatable bonds is 7. The van der Waals surface area contributed by atoms with Crippen LogP contribution in [0.3, 0.4) is 0 Å². The minimum Gasteiger partial charge on any atom is -0.462 e. The molecular weight excluding hydrogens is 372 g/mol. The van der Waals surface area contributed by atoms with Gasteiger partial charge in [-0.2, -0.15) is 0 Å². The molecule has 6 heteroatoms. The second-order valence-electron chi connectivity index (χ2n) is 5.93. The highest BCUT2D eigenvalue weighted by molar-refractivity contribution is 7.98. The molecule has 3 rings (SSSR count). The highest BCUT2D eigenvalue weighted by Gasteiger charge is 2.09. The summed E-state index contributed by atoms with van der Waals surface area (Å²) in [6.07, 6.45) is 3.61. The maximum absolute atomic E-state index is 12.4. The quantitative estimate of drug-likeness (QED) is 0.462. The molecule has 0 unspecified atom stereocenters. The Morgan fingerprint density at radius 2 is 1.71 bits per heavy atom. The number of hydrogen-bond donors (Lipinski definition) is 1. The number of ether oxygens (including phenoxy) is 1. The summed E-state index contributed by atoms with van der Waals surface area (Å²) in [5.41, 5.74) is 2.80. The normalized spacial score (nSPS) is 10.3. The largest absolute Gasteiger partial charge is 0.462 e. The molecule has 0 saturated carbocycles. The molecule has 2 aromatic carbocycles. The lowest BCUT2D eigenvalue weighted by atomic mass is 10.2. The van der Waals surface area contributed by atoms with Crippen molar-refractivity contribution >= 4 is 29.3 Å². The predicted molar refractivity (Wildman–Crippen MR) is 111 cm³/mol. The fourth-order valence-corrected chi connectivity index (χ4v) is 3.29. The summed E-state index contributed by atoms with van der Waals surface area (Å²) in [6, 6.07) is 18.0. The Morgan fingerprint density at radius 1 is 1.00 bits per heavy atom. The van der Waals surface area contributed by atoms with Gasteiger partial charge in [0, 0.05) is 34.3 Å². The van der Waals surface area contributed by atoms with Gasteiger partial charge in [0.25, 0.3) is 5.91 Å². The van der Waals surface area contributed by atoms with Crippen molar-refractivity contribution < 1.29 is 14.3 Å². The Kier molecular flexibility index (Phi) is 6.81. The summed E-state index contributed by atoms with van der Waals surface area (Å²) in [5, 5.41) is 2.83. The molecule has 0 bridgehead atoms. The first-order valence-corrected chi connectivity index (χ1v) is 9.84. The molecule has 0 aliphatic rings. The van der Waals surface area contributed by atoms with Crippen LogP contribution in [0.15, 0.2) is 78.0 Å². The smallest absolute Gasteiger partial charge is 0.338 e. The van der Waals surface area contributed by atoms with E-state index in [-0.39, 0.29) is 11.9 Å². The Bertz CT molecular complexity index is 926. The number of nitrogens with zero attached hydrogens (tertiary/aromatic N) is 1. The van der Waals surface area contributed by atoms with E-state index in [4.69, 9.17) is 4.74 Å². The van der Waals surface area contributed by atoms with Gasteiger partial charge in [-0.25, -0.2) is 4.79 Å². The second kappa shape index (κ2) is 9.71. The van der Waals surface area contributed by atoms with Gasteiger partial charge in [0.15, 0.2) is 0 Å². The molecule has 0 saturated heterocycles. The minimum absolute atomic E-state index is 0.201. The molecule has 0 aliphatic heterocycles. The van der Waals surface area contributed by atoms with Crippen molar-refractivity contribution in [2.24, 2.45) is 0 Å². The predicted octanol–water partition coefficient (Wildman–Crippen LogP) is 4.80. The molecule has 28 heavy (non-hydrogen) atoms. The average molecular weight is 392 g/mol. The molecule has 0 radical (unpaired) electrons. The lowest BCUT2D eigenvalue weighted by Gasteiger charge is -2.07. The third-order valence-corrected chi connectivity index (χ3v) is 4.98. The SMILES string of the molecule is CCOC(=O)c1ccc(NC(=O)c2ccc(SCc3cccnc3)cc2)cc1. The molecule has 142 valence electrons. The van der Waals surface area contributed by atoms with Crippen molar-refractivity contribution in [2.45, 2.75) is 17.6 Å². The average Bonchev–Trinajstić information content (AvgIpc) is 2.74. The minimum atomic E-state index is -0.375. The van der Waals surface area contributed by atoms with Crippen LogP contribution in [0.25, 0.3) is 0 Å². The first-order valence-electron chi connectivity index (χ1n) is 8.86. The standard InChI is InChI=1S/C22H20N2O3S/c1-2-27-22(26)18-5-9-19(10-6-18)24-21(25)17-7-11-20(12-8-17)28-15-16-4-3-13-23-14-16/h3-14H,2,15H2,1H3,(H,24,25). The van der Waals surface area contributed by atoms with E-state index in [2.05, 4.69) is 10.3 Å². The molecule has 3 aromatic rings. The number of benzene rings is 2. The molecule has 5 nitrogen and oxygen atoms in total. The zero-order chi connectivity index (χ0) is 19.8. The number of carbonyl (C=O) groups is 2. The van der Waals surface area contributed by atoms with Crippen molar-refractivity contribution in [1.82, 2.24) is 4.98 Å². The summed E-state index contributed by atoms with van der Waals surface area (Å²) < 4.78 is 4.95. The van der Waals surface area contributed by atoms with E-state index in [0.29, 0.717) is 23.4 Å². The van der Waals surface area contributed by atoms with Gasteiger partial charge < -0.3 is 10.1 Å². The van der Waals surface area contributed by atoms with Crippen molar-refractivity contribution in [2.75, 3.05) is 11.9 Å². The fourth-order valence-electron chi connectivity index (χ4n) is 2.46. The Morgan fingerprint density at radius 3 is 2.36 bits per heavy atom. The van der Waals surface area contributed by atoms with Gasteiger partial charge in [-0.1, -0.05) is 6.07 Å². The number of amides is 1. The summed E-state index contributed by atoms with van der Waals surface area (Å²) in [6.45, 7) is 2.09. The summed E-state index contributed by atoms with van der Waals surface area (Å²) in [7, 11) is 0. The summed E-state index contributed by atoms with van der Waals surface area (Å²) in [4.78, 5) is 29.3. The maximum Gasteiger partial charge on any atom is 0.338 e. The number of thioether (sulfide) groups is 1. The molecule has 0 fully saturated rings. The Balaban J connectivity index is 1.56. The molecule has 1 heterocycles. The highest BCUT2D eigenvalue weighted by atomic mass is 32.2. The van der Waals surface area contributed by atoms with E-state index in [1.807, 2.05) is 30.5 Å². The van der Waals surface area contributed by atoms with Crippen LogP contribution in [0.2, 0.25) is 0 Å². The van der Waals surface area contributed by atoms with Crippen LogP contribution in [0.5, 0.6) is 0 Å². The van der Waals surface area contributed by atoms with Crippen molar-refractivity contribution in [3.05, 3.63) is 89.7 Å². The van der Waals surface area contributed by atoms with Crippen molar-refractivity contribution in [3.63, 3.8) is 0 Å². The highest BCUT2D eigenvalue weighted by Crippen LogP contribution is 2.23. The molecule has 0 spiro atoms. The number of nitrogens with one attached hydrogen (secondary N) is 1. The number of anilines is 1. The number of pyridine rings is 1. The molecule has 1 N–H and O–H groups in total. The zero-order valence-corrected chi connectivity index (χ0v) is 16.2. The summed E-state index contributed by atoms with van der Waals surface area (Å²) in [5.74, 6) is 0.249. The molecule has 0 atom stereocenters. The van der Waals surface area contributed by atoms with Gasteiger partial charge in [-0.3, -0.25) is 9.78 Å². The van der Waals surface area contributed by atoms with Gasteiger partial charge in [0.2, 0.25) is 0 Å². The van der Waals surface area contributed by atoms with Crippen LogP contribution in [0.4, 0.5) is 5.69 Å². The second-order valence-corrected chi connectivity index (χ2v) is 6.98. The Labute approximate surface area is 168 Å². The van der Waals surface area contributed by atoms with Gasteiger partial charge >= 0.3 is 5.97 Å². The zero-order valence-electron chi connectivity index (χ0n) is 15.4. The monoisotopic (exact) mass is 392 g/mol. The third-order valence-electron chi connectivity index (χ3n) is 3.90. The number of hydrogen-bond acceptors (Lipinski definition) is 5. The van der Waals surface area contributed by atoms with Crippen molar-refractivity contribution in [3.8, 4) is 0 Å². The fraction of sp³-hybridized carbons (Fsp3) is 0.136. The first-order chi connectivity index (χ1) is 13.7. The Hall–Kier alpha value is -3.12. The van der Waals surface area contributed by atoms with E-state index in [1.165, 1.54) is 0 Å². The van der Waals surface area contributed by atoms with Crippen LogP contribution in [-0.2, 0) is 10.5 Å². The van der Waals surface area contributed by atoms with E-state index >= 15 is 0 Å². The van der Waals surface area contributed by atoms with Crippen LogP contribution in [0, 0.1) is 0 Å². The maximum atomic E-state index is 12.4. The van der Waals surface area contributed by atoms with Crippen LogP contribution >= 0.6 is 11.8 Å². The third kappa shape index (κ3) is 5.44. The lowest BCUT2D eigenvalue weighted by Crippen LogP contribution is -2.12. The van der Waals surface area contributed by atoms with Crippen LogP contribution in [0.1, 0.15) is 33.2 Å². The van der Waals surface area contributed by atoms with Crippen LogP contribution < -0.4 is 5.32 Å². The first kappa shape index (κ1) is 19.6. The van der Waals surface area contributed by atoms with E-state index in [0.717, 1.165) is 16.2 Å². The van der Waals surface area contributed by atoms with Gasteiger partial charge in [-0.15, -0.1) is 11.8 Å². The number of esters is 1. The molecule has 1 amide bonds.